The van der Waals surface area contributed by atoms with Crippen LogP contribution < -0.4 is 10.1 Å². The molecule has 0 saturated carbocycles. The molecule has 0 spiro atoms. The van der Waals surface area contributed by atoms with Gasteiger partial charge in [-0.15, -0.1) is 0 Å². The molecule has 2 aromatic rings. The van der Waals surface area contributed by atoms with E-state index < -0.39 is 0 Å². The average molecular weight is 295 g/mol. The maximum Gasteiger partial charge on any atom is 0.212 e. The number of pyridine rings is 1. The molecule has 0 saturated heterocycles. The average Bonchev–Trinajstić information content (AvgIpc) is 2.45. The number of nitrogens with zero attached hydrogens (tertiary/aromatic N) is 3. The minimum absolute atomic E-state index is 0.319. The molecular formula is C13H15ClN4O2. The van der Waals surface area contributed by atoms with Gasteiger partial charge in [0, 0.05) is 32.0 Å². The van der Waals surface area contributed by atoms with Crippen LogP contribution in [0.15, 0.2) is 24.4 Å². The Morgan fingerprint density at radius 1 is 1.25 bits per heavy atom. The Bertz CT molecular complexity index is 563. The summed E-state index contributed by atoms with van der Waals surface area (Å²) in [5.74, 6) is 1.77. The van der Waals surface area contributed by atoms with Gasteiger partial charge in [-0.1, -0.05) is 17.7 Å². The lowest BCUT2D eigenvalue weighted by atomic mass is 10.3. The molecule has 0 aliphatic rings. The van der Waals surface area contributed by atoms with Crippen LogP contribution in [0.1, 0.15) is 11.4 Å². The largest absolute Gasteiger partial charge is 0.481 e. The van der Waals surface area contributed by atoms with Crippen LogP contribution in [0.2, 0.25) is 5.15 Å². The second-order valence-electron chi connectivity index (χ2n) is 3.99. The second-order valence-corrected chi connectivity index (χ2v) is 4.37. The van der Waals surface area contributed by atoms with Crippen LogP contribution in [0, 0.1) is 0 Å². The number of ether oxygens (including phenoxy) is 2. The lowest BCUT2D eigenvalue weighted by molar-refractivity contribution is 0.178. The lowest BCUT2D eigenvalue weighted by Gasteiger charge is -2.08. The summed E-state index contributed by atoms with van der Waals surface area (Å²) in [5, 5.41) is 3.54. The molecule has 2 heterocycles. The Hall–Kier alpha value is -1.92. The zero-order valence-corrected chi connectivity index (χ0v) is 12.0. The van der Waals surface area contributed by atoms with Gasteiger partial charge in [0.05, 0.1) is 7.11 Å². The van der Waals surface area contributed by atoms with Crippen LogP contribution in [0.3, 0.4) is 0 Å². The Morgan fingerprint density at radius 2 is 2.10 bits per heavy atom. The van der Waals surface area contributed by atoms with E-state index in [-0.39, 0.29) is 0 Å². The third-order valence-corrected chi connectivity index (χ3v) is 2.69. The number of rotatable bonds is 6. The van der Waals surface area contributed by atoms with E-state index in [1.165, 1.54) is 0 Å². The number of methoxy groups -OCH3 is 2. The zero-order valence-electron chi connectivity index (χ0n) is 11.3. The molecule has 0 amide bonds. The first-order valence-electron chi connectivity index (χ1n) is 5.96. The molecule has 0 radical (unpaired) electrons. The number of nitrogens with one attached hydrogen (secondary N) is 1. The minimum atomic E-state index is 0.319. The van der Waals surface area contributed by atoms with Crippen molar-refractivity contribution >= 4 is 17.4 Å². The molecule has 0 bridgehead atoms. The molecule has 0 aliphatic carbocycles. The van der Waals surface area contributed by atoms with E-state index in [1.54, 1.807) is 32.5 Å². The SMILES string of the molecule is COCc1nc(Cl)cc(NCc2ccc(OC)nc2)n1. The number of aromatic nitrogens is 3. The van der Waals surface area contributed by atoms with Crippen LogP contribution in [0.25, 0.3) is 0 Å². The fourth-order valence-electron chi connectivity index (χ4n) is 1.58. The molecule has 1 N–H and O–H groups in total. The summed E-state index contributed by atoms with van der Waals surface area (Å²) in [6.45, 7) is 0.899. The van der Waals surface area contributed by atoms with Gasteiger partial charge in [-0.2, -0.15) is 0 Å². The predicted molar refractivity (Wildman–Crippen MR) is 75.9 cm³/mol. The number of hydrogen-bond donors (Lipinski definition) is 1. The summed E-state index contributed by atoms with van der Waals surface area (Å²) in [4.78, 5) is 12.5. The molecule has 20 heavy (non-hydrogen) atoms. The summed E-state index contributed by atoms with van der Waals surface area (Å²) in [6.07, 6.45) is 1.74. The third-order valence-electron chi connectivity index (χ3n) is 2.50. The van der Waals surface area contributed by atoms with Crippen LogP contribution >= 0.6 is 11.6 Å². The standard InChI is InChI=1S/C13H15ClN4O2/c1-19-8-12-17-10(14)5-11(18-12)15-6-9-3-4-13(20-2)16-7-9/h3-5,7H,6,8H2,1-2H3,(H,15,17,18). The van der Waals surface area contributed by atoms with Crippen LogP contribution in [-0.2, 0) is 17.9 Å². The number of hydrogen-bond acceptors (Lipinski definition) is 6. The molecule has 7 heteroatoms. The highest BCUT2D eigenvalue weighted by Crippen LogP contribution is 2.14. The molecule has 6 nitrogen and oxygen atoms in total. The van der Waals surface area contributed by atoms with Crippen LogP contribution in [0.5, 0.6) is 5.88 Å². The number of anilines is 1. The van der Waals surface area contributed by atoms with E-state index in [1.807, 2.05) is 6.07 Å². The van der Waals surface area contributed by atoms with Gasteiger partial charge >= 0.3 is 0 Å². The summed E-state index contributed by atoms with van der Waals surface area (Å²) in [6, 6.07) is 5.40. The van der Waals surface area contributed by atoms with Gasteiger partial charge in [-0.3, -0.25) is 0 Å². The Kier molecular flexibility index (Phi) is 5.09. The molecule has 0 aromatic carbocycles. The van der Waals surface area contributed by atoms with E-state index in [4.69, 9.17) is 21.1 Å². The van der Waals surface area contributed by atoms with Gasteiger partial charge in [0.15, 0.2) is 5.82 Å². The van der Waals surface area contributed by atoms with E-state index in [0.717, 1.165) is 5.56 Å². The Morgan fingerprint density at radius 3 is 2.75 bits per heavy atom. The number of halogens is 1. The summed E-state index contributed by atoms with van der Waals surface area (Å²) in [7, 11) is 3.17. The maximum atomic E-state index is 5.93. The van der Waals surface area contributed by atoms with Crippen molar-refractivity contribution in [3.63, 3.8) is 0 Å². The van der Waals surface area contributed by atoms with Gasteiger partial charge in [0.1, 0.15) is 17.6 Å². The van der Waals surface area contributed by atoms with Crippen molar-refractivity contribution in [2.24, 2.45) is 0 Å². The smallest absolute Gasteiger partial charge is 0.212 e. The first-order valence-corrected chi connectivity index (χ1v) is 6.34. The molecule has 2 aromatic heterocycles. The van der Waals surface area contributed by atoms with Gasteiger partial charge < -0.3 is 14.8 Å². The zero-order chi connectivity index (χ0) is 14.4. The van der Waals surface area contributed by atoms with Crippen molar-refractivity contribution in [1.82, 2.24) is 15.0 Å². The first kappa shape index (κ1) is 14.5. The summed E-state index contributed by atoms with van der Waals surface area (Å²) in [5.41, 5.74) is 1.01. The van der Waals surface area contributed by atoms with Crippen molar-refractivity contribution in [1.29, 1.82) is 0 Å². The summed E-state index contributed by atoms with van der Waals surface area (Å²) < 4.78 is 10.00. The van der Waals surface area contributed by atoms with Crippen molar-refractivity contribution in [2.45, 2.75) is 13.2 Å². The second kappa shape index (κ2) is 7.02. The van der Waals surface area contributed by atoms with Gasteiger partial charge in [0.2, 0.25) is 5.88 Å². The molecule has 2 rings (SSSR count). The lowest BCUT2D eigenvalue weighted by Crippen LogP contribution is -2.05. The Labute approximate surface area is 122 Å². The molecule has 0 unspecified atom stereocenters. The van der Waals surface area contributed by atoms with E-state index >= 15 is 0 Å². The van der Waals surface area contributed by atoms with Crippen molar-refractivity contribution in [3.05, 3.63) is 40.9 Å². The predicted octanol–water partition coefficient (Wildman–Crippen LogP) is 2.29. The summed E-state index contributed by atoms with van der Waals surface area (Å²) >= 11 is 5.93. The minimum Gasteiger partial charge on any atom is -0.481 e. The fourth-order valence-corrected chi connectivity index (χ4v) is 1.78. The third kappa shape index (κ3) is 4.04. The molecule has 0 fully saturated rings. The van der Waals surface area contributed by atoms with Crippen molar-refractivity contribution in [3.8, 4) is 5.88 Å². The van der Waals surface area contributed by atoms with Crippen molar-refractivity contribution < 1.29 is 9.47 Å². The Balaban J connectivity index is 2.02. The highest BCUT2D eigenvalue weighted by atomic mass is 35.5. The van der Waals surface area contributed by atoms with Gasteiger partial charge in [-0.25, -0.2) is 15.0 Å². The van der Waals surface area contributed by atoms with Gasteiger partial charge in [-0.05, 0) is 5.56 Å². The maximum absolute atomic E-state index is 5.93. The molecule has 0 atom stereocenters. The monoisotopic (exact) mass is 294 g/mol. The molecule has 0 aliphatic heterocycles. The molecule has 106 valence electrons. The highest BCUT2D eigenvalue weighted by Gasteiger charge is 2.03. The topological polar surface area (TPSA) is 69.2 Å². The first-order chi connectivity index (χ1) is 9.71. The fraction of sp³-hybridized carbons (Fsp3) is 0.308. The van der Waals surface area contributed by atoms with Crippen molar-refractivity contribution in [2.75, 3.05) is 19.5 Å². The van der Waals surface area contributed by atoms with E-state index in [0.29, 0.717) is 35.8 Å². The van der Waals surface area contributed by atoms with Crippen LogP contribution in [-0.4, -0.2) is 29.2 Å². The van der Waals surface area contributed by atoms with E-state index in [2.05, 4.69) is 20.3 Å². The molecular weight excluding hydrogens is 280 g/mol. The normalized spacial score (nSPS) is 10.3. The highest BCUT2D eigenvalue weighted by molar-refractivity contribution is 6.29. The van der Waals surface area contributed by atoms with Crippen LogP contribution in [0.4, 0.5) is 5.82 Å². The quantitative estimate of drug-likeness (QED) is 0.824. The van der Waals surface area contributed by atoms with Gasteiger partial charge in [0.25, 0.3) is 0 Å². The van der Waals surface area contributed by atoms with E-state index in [9.17, 15) is 0 Å².